The Kier molecular flexibility index (Phi) is 5.02. The van der Waals surface area contributed by atoms with Crippen molar-refractivity contribution in [2.24, 2.45) is 11.7 Å². The maximum Gasteiger partial charge on any atom is 0.239 e. The summed E-state index contributed by atoms with van der Waals surface area (Å²) in [6, 6.07) is -0.208. The first-order chi connectivity index (χ1) is 9.54. The molecule has 0 unspecified atom stereocenters. The van der Waals surface area contributed by atoms with Crippen LogP contribution in [0.25, 0.3) is 0 Å². The average molecular weight is 281 g/mol. The summed E-state index contributed by atoms with van der Waals surface area (Å²) in [6.45, 7) is 6.37. The number of hydrogen-bond donors (Lipinski definition) is 1. The van der Waals surface area contributed by atoms with E-state index >= 15 is 0 Å². The second-order valence-electron chi connectivity index (χ2n) is 6.18. The van der Waals surface area contributed by atoms with E-state index < -0.39 is 6.04 Å². The molecule has 114 valence electrons. The van der Waals surface area contributed by atoms with Crippen molar-refractivity contribution in [2.75, 3.05) is 19.6 Å². The molecular weight excluding hydrogens is 254 g/mol. The molecule has 0 bridgehead atoms. The molecule has 0 aromatic carbocycles. The van der Waals surface area contributed by atoms with E-state index in [1.54, 1.807) is 0 Å². The molecule has 0 aromatic heterocycles. The van der Waals surface area contributed by atoms with Gasteiger partial charge in [-0.1, -0.05) is 20.3 Å². The van der Waals surface area contributed by atoms with E-state index in [0.717, 1.165) is 38.8 Å². The molecule has 2 amide bonds. The highest BCUT2D eigenvalue weighted by Gasteiger charge is 2.34. The topological polar surface area (TPSA) is 66.6 Å². The van der Waals surface area contributed by atoms with Crippen LogP contribution in [0.1, 0.15) is 46.0 Å². The van der Waals surface area contributed by atoms with E-state index in [4.69, 9.17) is 5.73 Å². The van der Waals surface area contributed by atoms with Crippen LogP contribution in [0.3, 0.4) is 0 Å². The number of amides is 2. The first-order valence-corrected chi connectivity index (χ1v) is 7.88. The quantitative estimate of drug-likeness (QED) is 0.835. The van der Waals surface area contributed by atoms with Crippen LogP contribution in [0, 0.1) is 5.92 Å². The first-order valence-electron chi connectivity index (χ1n) is 7.88. The van der Waals surface area contributed by atoms with Gasteiger partial charge in [0.15, 0.2) is 0 Å². The fraction of sp³-hybridized carbons (Fsp3) is 0.867. The van der Waals surface area contributed by atoms with Crippen molar-refractivity contribution in [2.45, 2.75) is 58.0 Å². The standard InChI is InChI=1S/C15H27N3O2/c1-3-11(2)14(16)15(20)17-8-4-6-12(10-17)18-9-5-7-13(18)19/h11-12,14H,3-10,16H2,1-2H3/t11-,12+,14-/m0/s1. The Bertz CT molecular complexity index is 372. The molecule has 0 aliphatic carbocycles. The third kappa shape index (κ3) is 3.14. The SMILES string of the molecule is CC[C@H](C)[C@H](N)C(=O)N1CCC[C@@H](N2CCCC2=O)C1. The Morgan fingerprint density at radius 2 is 2.15 bits per heavy atom. The zero-order valence-corrected chi connectivity index (χ0v) is 12.7. The van der Waals surface area contributed by atoms with E-state index in [1.807, 2.05) is 16.7 Å². The minimum absolute atomic E-state index is 0.0516. The predicted octanol–water partition coefficient (Wildman–Crippen LogP) is 0.973. The Balaban J connectivity index is 1.96. The van der Waals surface area contributed by atoms with E-state index in [1.165, 1.54) is 0 Å². The lowest BCUT2D eigenvalue weighted by Gasteiger charge is -2.39. The third-order valence-electron chi connectivity index (χ3n) is 4.80. The molecule has 2 N–H and O–H groups in total. The van der Waals surface area contributed by atoms with Crippen LogP contribution in [-0.4, -0.2) is 53.3 Å². The summed E-state index contributed by atoms with van der Waals surface area (Å²) < 4.78 is 0. The minimum atomic E-state index is -0.409. The molecular formula is C15H27N3O2. The highest BCUT2D eigenvalue weighted by atomic mass is 16.2. The number of rotatable bonds is 4. The van der Waals surface area contributed by atoms with Crippen molar-refractivity contribution < 1.29 is 9.59 Å². The maximum atomic E-state index is 12.4. The molecule has 2 aliphatic heterocycles. The fourth-order valence-electron chi connectivity index (χ4n) is 3.17. The van der Waals surface area contributed by atoms with Crippen molar-refractivity contribution in [3.05, 3.63) is 0 Å². The maximum absolute atomic E-state index is 12.4. The lowest BCUT2D eigenvalue weighted by molar-refractivity contribution is -0.139. The molecule has 0 aromatic rings. The Morgan fingerprint density at radius 1 is 1.40 bits per heavy atom. The largest absolute Gasteiger partial charge is 0.339 e. The van der Waals surface area contributed by atoms with Crippen LogP contribution in [0.15, 0.2) is 0 Å². The summed E-state index contributed by atoms with van der Waals surface area (Å²) in [4.78, 5) is 28.1. The van der Waals surface area contributed by atoms with Gasteiger partial charge in [0.25, 0.3) is 0 Å². The highest BCUT2D eigenvalue weighted by Crippen LogP contribution is 2.22. The highest BCUT2D eigenvalue weighted by molar-refractivity contribution is 5.82. The Morgan fingerprint density at radius 3 is 2.75 bits per heavy atom. The van der Waals surface area contributed by atoms with Gasteiger partial charge in [-0.25, -0.2) is 0 Å². The summed E-state index contributed by atoms with van der Waals surface area (Å²) >= 11 is 0. The van der Waals surface area contributed by atoms with Gasteiger partial charge in [-0.15, -0.1) is 0 Å². The lowest BCUT2D eigenvalue weighted by atomic mass is 9.97. The summed E-state index contributed by atoms with van der Waals surface area (Å²) in [7, 11) is 0. The van der Waals surface area contributed by atoms with Crippen LogP contribution < -0.4 is 5.73 Å². The smallest absolute Gasteiger partial charge is 0.239 e. The number of carbonyl (C=O) groups excluding carboxylic acids is 2. The van der Waals surface area contributed by atoms with E-state index in [9.17, 15) is 9.59 Å². The molecule has 5 heteroatoms. The van der Waals surface area contributed by atoms with E-state index in [0.29, 0.717) is 13.0 Å². The molecule has 0 spiro atoms. The molecule has 2 saturated heterocycles. The summed E-state index contributed by atoms with van der Waals surface area (Å²) in [5, 5.41) is 0. The van der Waals surface area contributed by atoms with Gasteiger partial charge in [-0.3, -0.25) is 9.59 Å². The van der Waals surface area contributed by atoms with Crippen molar-refractivity contribution in [1.82, 2.24) is 9.80 Å². The minimum Gasteiger partial charge on any atom is -0.339 e. The van der Waals surface area contributed by atoms with E-state index in [-0.39, 0.29) is 23.8 Å². The zero-order chi connectivity index (χ0) is 14.7. The van der Waals surface area contributed by atoms with Gasteiger partial charge < -0.3 is 15.5 Å². The van der Waals surface area contributed by atoms with Crippen molar-refractivity contribution in [1.29, 1.82) is 0 Å². The first kappa shape index (κ1) is 15.3. The molecule has 0 saturated carbocycles. The predicted molar refractivity (Wildman–Crippen MR) is 78.0 cm³/mol. The van der Waals surface area contributed by atoms with Gasteiger partial charge in [0.2, 0.25) is 11.8 Å². The van der Waals surface area contributed by atoms with Crippen LogP contribution in [0.2, 0.25) is 0 Å². The number of likely N-dealkylation sites (tertiary alicyclic amines) is 2. The molecule has 20 heavy (non-hydrogen) atoms. The van der Waals surface area contributed by atoms with Gasteiger partial charge in [-0.05, 0) is 25.2 Å². The Labute approximate surface area is 121 Å². The number of carbonyl (C=O) groups is 2. The van der Waals surface area contributed by atoms with Crippen LogP contribution in [0.4, 0.5) is 0 Å². The van der Waals surface area contributed by atoms with Gasteiger partial charge in [-0.2, -0.15) is 0 Å². The number of piperidine rings is 1. The second-order valence-corrected chi connectivity index (χ2v) is 6.18. The number of hydrogen-bond acceptors (Lipinski definition) is 3. The second kappa shape index (κ2) is 6.57. The summed E-state index contributed by atoms with van der Waals surface area (Å²) in [5.41, 5.74) is 6.06. The molecule has 5 nitrogen and oxygen atoms in total. The summed E-state index contributed by atoms with van der Waals surface area (Å²) in [5.74, 6) is 0.502. The van der Waals surface area contributed by atoms with Gasteiger partial charge >= 0.3 is 0 Å². The van der Waals surface area contributed by atoms with Crippen LogP contribution >= 0.6 is 0 Å². The molecule has 2 fully saturated rings. The van der Waals surface area contributed by atoms with Crippen molar-refractivity contribution in [3.8, 4) is 0 Å². The molecule has 2 rings (SSSR count). The monoisotopic (exact) mass is 281 g/mol. The normalized spacial score (nSPS) is 26.8. The lowest BCUT2D eigenvalue weighted by Crippen LogP contribution is -2.55. The fourth-order valence-corrected chi connectivity index (χ4v) is 3.17. The van der Waals surface area contributed by atoms with Crippen molar-refractivity contribution in [3.63, 3.8) is 0 Å². The molecule has 3 atom stereocenters. The van der Waals surface area contributed by atoms with Gasteiger partial charge in [0.1, 0.15) is 0 Å². The van der Waals surface area contributed by atoms with Crippen molar-refractivity contribution >= 4 is 11.8 Å². The average Bonchev–Trinajstić information content (AvgIpc) is 2.91. The van der Waals surface area contributed by atoms with E-state index in [2.05, 4.69) is 6.92 Å². The third-order valence-corrected chi connectivity index (χ3v) is 4.80. The van der Waals surface area contributed by atoms with Gasteiger partial charge in [0, 0.05) is 32.1 Å². The molecule has 2 heterocycles. The van der Waals surface area contributed by atoms with Crippen LogP contribution in [0.5, 0.6) is 0 Å². The Hall–Kier alpha value is -1.10. The molecule has 0 radical (unpaired) electrons. The van der Waals surface area contributed by atoms with Gasteiger partial charge in [0.05, 0.1) is 6.04 Å². The zero-order valence-electron chi connectivity index (χ0n) is 12.7. The molecule has 2 aliphatic rings. The number of nitrogens with two attached hydrogens (primary N) is 1. The number of nitrogens with zero attached hydrogens (tertiary/aromatic N) is 2. The summed E-state index contributed by atoms with van der Waals surface area (Å²) in [6.07, 6.45) is 4.50. The van der Waals surface area contributed by atoms with Crippen LogP contribution in [-0.2, 0) is 9.59 Å².